The molecule has 1 aliphatic heterocycles. The molecule has 2 fully saturated rings. The molecule has 0 amide bonds. The summed E-state index contributed by atoms with van der Waals surface area (Å²) in [5, 5.41) is 9.02. The molecular weight excluding hydrogens is 389 g/mol. The average Bonchev–Trinajstić information content (AvgIpc) is 2.68. The first-order valence-corrected chi connectivity index (χ1v) is 10.7. The van der Waals surface area contributed by atoms with Crippen LogP contribution in [-0.2, 0) is 9.78 Å². The minimum atomic E-state index is -1.11. The van der Waals surface area contributed by atoms with Gasteiger partial charge in [0.2, 0.25) is 0 Å². The predicted molar refractivity (Wildman–Crippen MR) is 113 cm³/mol. The average molecular weight is 424 g/mol. The molecule has 0 unspecified atom stereocenters. The van der Waals surface area contributed by atoms with Crippen LogP contribution in [0.4, 0.5) is 10.1 Å². The molecule has 2 aliphatic rings. The Kier molecular flexibility index (Phi) is 8.05. The number of halogens is 1. The van der Waals surface area contributed by atoms with Crippen molar-refractivity contribution in [1.82, 2.24) is 9.80 Å². The lowest BCUT2D eigenvalue weighted by Gasteiger charge is -2.44. The number of carbonyl (C=O) groups is 1. The summed E-state index contributed by atoms with van der Waals surface area (Å²) < 4.78 is 14.4. The highest BCUT2D eigenvalue weighted by Crippen LogP contribution is 2.31. The van der Waals surface area contributed by atoms with Gasteiger partial charge in [-0.2, -0.15) is 0 Å². The Morgan fingerprint density at radius 3 is 2.50 bits per heavy atom. The lowest BCUT2D eigenvalue weighted by Crippen LogP contribution is -2.52. The van der Waals surface area contributed by atoms with Gasteiger partial charge in [0.25, 0.3) is 0 Å². The molecule has 30 heavy (non-hydrogen) atoms. The molecule has 1 saturated carbocycles. The van der Waals surface area contributed by atoms with Crippen LogP contribution in [0.15, 0.2) is 18.2 Å². The van der Waals surface area contributed by atoms with E-state index in [2.05, 4.69) is 23.9 Å². The second-order valence-corrected chi connectivity index (χ2v) is 8.71. The minimum absolute atomic E-state index is 0.0149. The molecule has 0 bridgehead atoms. The summed E-state index contributed by atoms with van der Waals surface area (Å²) in [7, 11) is 5.75. The third-order valence-corrected chi connectivity index (χ3v) is 6.30. The van der Waals surface area contributed by atoms with Crippen LogP contribution < -0.4 is 4.90 Å². The Hall–Kier alpha value is -1.74. The van der Waals surface area contributed by atoms with Crippen molar-refractivity contribution in [2.45, 2.75) is 37.8 Å². The van der Waals surface area contributed by atoms with Gasteiger partial charge in [-0.05, 0) is 63.9 Å². The molecule has 1 aliphatic carbocycles. The molecule has 0 atom stereocenters. The van der Waals surface area contributed by atoms with Crippen LogP contribution in [0.25, 0.3) is 0 Å². The normalized spacial score (nSPS) is 22.5. The zero-order chi connectivity index (χ0) is 21.7. The fourth-order valence-electron chi connectivity index (χ4n) is 4.39. The van der Waals surface area contributed by atoms with Gasteiger partial charge in [0.1, 0.15) is 5.82 Å². The zero-order valence-corrected chi connectivity index (χ0v) is 18.2. The van der Waals surface area contributed by atoms with E-state index in [0.717, 1.165) is 64.5 Å². The molecule has 1 aromatic carbocycles. The maximum Gasteiger partial charge on any atom is 0.335 e. The summed E-state index contributed by atoms with van der Waals surface area (Å²) in [5.41, 5.74) is 0.486. The predicted octanol–water partition coefficient (Wildman–Crippen LogP) is 2.71. The van der Waals surface area contributed by atoms with Crippen molar-refractivity contribution in [3.63, 3.8) is 0 Å². The van der Waals surface area contributed by atoms with Gasteiger partial charge >= 0.3 is 5.97 Å². The lowest BCUT2D eigenvalue weighted by molar-refractivity contribution is -0.325. The fraction of sp³-hybridized carbons (Fsp3) is 0.682. The number of hydrogen-bond acceptors (Lipinski definition) is 6. The molecule has 8 heteroatoms. The number of anilines is 1. The van der Waals surface area contributed by atoms with Crippen LogP contribution in [-0.4, -0.2) is 87.0 Å². The largest absolute Gasteiger partial charge is 0.478 e. The summed E-state index contributed by atoms with van der Waals surface area (Å²) in [6, 6.07) is 4.71. The van der Waals surface area contributed by atoms with Gasteiger partial charge in [-0.3, -0.25) is 4.90 Å². The van der Waals surface area contributed by atoms with Gasteiger partial charge in [-0.25, -0.2) is 19.0 Å². The third-order valence-electron chi connectivity index (χ3n) is 6.30. The fourth-order valence-corrected chi connectivity index (χ4v) is 4.39. The van der Waals surface area contributed by atoms with Gasteiger partial charge in [-0.15, -0.1) is 0 Å². The molecule has 0 radical (unpaired) electrons. The van der Waals surface area contributed by atoms with Crippen molar-refractivity contribution in [3.8, 4) is 0 Å². The quantitative estimate of drug-likeness (QED) is 0.459. The Morgan fingerprint density at radius 2 is 1.93 bits per heavy atom. The van der Waals surface area contributed by atoms with Crippen LogP contribution in [0.2, 0.25) is 0 Å². The first kappa shape index (κ1) is 22.9. The van der Waals surface area contributed by atoms with Crippen molar-refractivity contribution in [1.29, 1.82) is 0 Å². The molecular formula is C22H34FN3O4. The van der Waals surface area contributed by atoms with Gasteiger partial charge in [0.15, 0.2) is 0 Å². The SMILES string of the molecule is COOC1CC(N(CCN(C)C)CC2CCN(c3ccc(C(=O)O)cc3F)CC2)C1. The first-order valence-electron chi connectivity index (χ1n) is 10.7. The van der Waals surface area contributed by atoms with E-state index < -0.39 is 11.8 Å². The van der Waals surface area contributed by atoms with E-state index in [0.29, 0.717) is 17.6 Å². The van der Waals surface area contributed by atoms with Gasteiger partial charge in [0, 0.05) is 38.8 Å². The number of benzene rings is 1. The van der Waals surface area contributed by atoms with Crippen molar-refractivity contribution in [2.75, 3.05) is 58.8 Å². The van der Waals surface area contributed by atoms with E-state index in [-0.39, 0.29) is 11.7 Å². The van der Waals surface area contributed by atoms with E-state index in [1.54, 1.807) is 13.2 Å². The Labute approximate surface area is 178 Å². The van der Waals surface area contributed by atoms with E-state index in [9.17, 15) is 9.18 Å². The summed E-state index contributed by atoms with van der Waals surface area (Å²) >= 11 is 0. The zero-order valence-electron chi connectivity index (χ0n) is 18.2. The minimum Gasteiger partial charge on any atom is -0.478 e. The summed E-state index contributed by atoms with van der Waals surface area (Å²) in [6.07, 6.45) is 4.20. The number of nitrogens with zero attached hydrogens (tertiary/aromatic N) is 3. The first-order chi connectivity index (χ1) is 14.4. The third kappa shape index (κ3) is 5.91. The number of hydrogen-bond donors (Lipinski definition) is 1. The number of rotatable bonds is 10. The number of aromatic carboxylic acids is 1. The smallest absolute Gasteiger partial charge is 0.335 e. The van der Waals surface area contributed by atoms with Crippen LogP contribution in [0, 0.1) is 11.7 Å². The number of carboxylic acid groups (broad SMARTS) is 1. The molecule has 1 heterocycles. The highest BCUT2D eigenvalue weighted by Gasteiger charge is 2.36. The van der Waals surface area contributed by atoms with Crippen molar-refractivity contribution in [2.24, 2.45) is 5.92 Å². The lowest BCUT2D eigenvalue weighted by atomic mass is 9.86. The molecule has 0 aromatic heterocycles. The second-order valence-electron chi connectivity index (χ2n) is 8.71. The van der Waals surface area contributed by atoms with E-state index in [1.165, 1.54) is 6.07 Å². The molecule has 1 saturated heterocycles. The van der Waals surface area contributed by atoms with E-state index >= 15 is 0 Å². The number of likely N-dealkylation sites (N-methyl/N-ethyl adjacent to an activating group) is 1. The maximum absolute atomic E-state index is 14.4. The summed E-state index contributed by atoms with van der Waals surface area (Å²) in [4.78, 5) is 27.9. The van der Waals surface area contributed by atoms with Gasteiger partial charge < -0.3 is 14.9 Å². The molecule has 1 N–H and O–H groups in total. The Morgan fingerprint density at radius 1 is 1.23 bits per heavy atom. The summed E-state index contributed by atoms with van der Waals surface area (Å²) in [6.45, 7) is 4.67. The standard InChI is InChI=1S/C22H34FN3O4/c1-24(2)10-11-26(18-13-19(14-18)30-29-3)15-16-6-8-25(9-7-16)21-5-4-17(22(27)28)12-20(21)23/h4-5,12,16,18-19H,6-11,13-15H2,1-3H3,(H,27,28). The molecule has 1 aromatic rings. The highest BCUT2D eigenvalue weighted by molar-refractivity contribution is 5.88. The molecule has 7 nitrogen and oxygen atoms in total. The molecule has 3 rings (SSSR count). The van der Waals surface area contributed by atoms with E-state index in [1.807, 2.05) is 4.90 Å². The maximum atomic E-state index is 14.4. The topological polar surface area (TPSA) is 65.5 Å². The second kappa shape index (κ2) is 10.5. The Balaban J connectivity index is 1.53. The highest BCUT2D eigenvalue weighted by atomic mass is 19.1. The van der Waals surface area contributed by atoms with Crippen LogP contribution in [0.5, 0.6) is 0 Å². The van der Waals surface area contributed by atoms with Crippen LogP contribution in [0.1, 0.15) is 36.0 Å². The van der Waals surface area contributed by atoms with Crippen molar-refractivity contribution < 1.29 is 24.1 Å². The Bertz CT molecular complexity index is 704. The van der Waals surface area contributed by atoms with Crippen molar-refractivity contribution >= 4 is 11.7 Å². The van der Waals surface area contributed by atoms with E-state index in [4.69, 9.17) is 14.9 Å². The number of carboxylic acids is 1. The van der Waals surface area contributed by atoms with Crippen molar-refractivity contribution in [3.05, 3.63) is 29.6 Å². The molecule has 168 valence electrons. The summed E-state index contributed by atoms with van der Waals surface area (Å²) in [5.74, 6) is -0.988. The monoisotopic (exact) mass is 423 g/mol. The van der Waals surface area contributed by atoms with Crippen LogP contribution in [0.3, 0.4) is 0 Å². The van der Waals surface area contributed by atoms with Gasteiger partial charge in [0.05, 0.1) is 24.5 Å². The van der Waals surface area contributed by atoms with Gasteiger partial charge in [-0.1, -0.05) is 0 Å². The molecule has 0 spiro atoms. The number of piperidine rings is 1. The van der Waals surface area contributed by atoms with Crippen LogP contribution >= 0.6 is 0 Å².